The number of hydrogen-bond acceptors (Lipinski definition) is 2. The van der Waals surface area contributed by atoms with Crippen molar-refractivity contribution in [2.75, 3.05) is 0 Å². The second-order valence-electron chi connectivity index (χ2n) is 13.9. The summed E-state index contributed by atoms with van der Waals surface area (Å²) in [5.74, 6) is 0.129. The normalized spacial score (nSPS) is 46.0. The Morgan fingerprint density at radius 2 is 1.44 bits per heavy atom. The Kier molecular flexibility index (Phi) is 7.05. The molecule has 5 aliphatic rings. The maximum atomic E-state index is 13.5. The summed E-state index contributed by atoms with van der Waals surface area (Å²) in [7, 11) is 0. The zero-order chi connectivity index (χ0) is 26.0. The smallest absolute Gasteiger partial charge is 0.390 e. The fourth-order valence-corrected chi connectivity index (χ4v) is 9.89. The van der Waals surface area contributed by atoms with E-state index in [-0.39, 0.29) is 44.4 Å². The van der Waals surface area contributed by atoms with Gasteiger partial charge < -0.3 is 10.2 Å². The summed E-state index contributed by atoms with van der Waals surface area (Å²) in [4.78, 5) is 0. The lowest BCUT2D eigenvalue weighted by Gasteiger charge is -2.57. The van der Waals surface area contributed by atoms with E-state index in [1.54, 1.807) is 0 Å². The number of unbranched alkanes of at least 4 members (excludes halogenated alkanes) is 1. The van der Waals surface area contributed by atoms with E-state index in [0.29, 0.717) is 47.8 Å². The summed E-state index contributed by atoms with van der Waals surface area (Å²) in [5, 5.41) is 21.0. The van der Waals surface area contributed by atoms with Gasteiger partial charge in [0.15, 0.2) is 5.60 Å². The number of fused-ring (bicyclic) bond motifs is 5. The van der Waals surface area contributed by atoms with Crippen LogP contribution in [0.15, 0.2) is 0 Å². The lowest BCUT2D eigenvalue weighted by Crippen LogP contribution is -2.55. The van der Waals surface area contributed by atoms with Gasteiger partial charge in [0.2, 0.25) is 5.92 Å². The van der Waals surface area contributed by atoms with Crippen molar-refractivity contribution >= 4 is 0 Å². The third kappa shape index (κ3) is 4.86. The highest BCUT2D eigenvalue weighted by Crippen LogP contribution is 2.65. The van der Waals surface area contributed by atoms with Crippen molar-refractivity contribution < 1.29 is 32.2 Å². The largest absolute Gasteiger partial charge is 0.417 e. The van der Waals surface area contributed by atoms with Crippen LogP contribution < -0.4 is 0 Å². The molecule has 5 aliphatic carbocycles. The molecule has 0 bridgehead atoms. The summed E-state index contributed by atoms with van der Waals surface area (Å²) in [5.41, 5.74) is -3.12. The first-order chi connectivity index (χ1) is 16.8. The van der Waals surface area contributed by atoms with Crippen LogP contribution in [0, 0.1) is 40.9 Å². The van der Waals surface area contributed by atoms with Crippen molar-refractivity contribution in [3.8, 4) is 0 Å². The van der Waals surface area contributed by atoms with Crippen molar-refractivity contribution in [2.45, 2.75) is 139 Å². The minimum atomic E-state index is -4.53. The van der Waals surface area contributed by atoms with Crippen molar-refractivity contribution in [1.82, 2.24) is 0 Å². The Morgan fingerprint density at radius 3 is 2.14 bits per heavy atom. The van der Waals surface area contributed by atoms with Crippen LogP contribution in [0.4, 0.5) is 22.0 Å². The van der Waals surface area contributed by atoms with E-state index < -0.39 is 23.3 Å². The molecule has 5 rings (SSSR count). The van der Waals surface area contributed by atoms with Gasteiger partial charge in [-0.2, -0.15) is 13.2 Å². The molecule has 7 heteroatoms. The minimum absolute atomic E-state index is 0.00118. The number of aliphatic hydroxyl groups is 2. The molecule has 0 radical (unpaired) electrons. The van der Waals surface area contributed by atoms with E-state index in [1.165, 1.54) is 12.8 Å². The van der Waals surface area contributed by atoms with Crippen molar-refractivity contribution in [2.24, 2.45) is 40.9 Å². The first kappa shape index (κ1) is 27.1. The molecule has 8 atom stereocenters. The van der Waals surface area contributed by atoms with Gasteiger partial charge in [-0.15, -0.1) is 0 Å². The Bertz CT molecular complexity index is 789. The van der Waals surface area contributed by atoms with Gasteiger partial charge in [-0.25, -0.2) is 8.78 Å². The van der Waals surface area contributed by atoms with Crippen LogP contribution in [0.1, 0.15) is 116 Å². The van der Waals surface area contributed by atoms with Crippen LogP contribution in [0.3, 0.4) is 0 Å². The molecule has 0 unspecified atom stereocenters. The third-order valence-electron chi connectivity index (χ3n) is 12.1. The molecule has 2 nitrogen and oxygen atoms in total. The zero-order valence-corrected chi connectivity index (χ0v) is 21.8. The van der Waals surface area contributed by atoms with E-state index >= 15 is 0 Å². The average molecular weight is 521 g/mol. The van der Waals surface area contributed by atoms with Gasteiger partial charge in [-0.1, -0.05) is 19.8 Å². The SMILES string of the molecule is C[C@]12CC[C@H]3[C@@H](CC[C@H]4C[C@](O)(C(F)(F)F)CC[C@@H]43)[C@@H]1CC[C@H]2CCCCC1(O)CCC(F)(F)CC1. The van der Waals surface area contributed by atoms with Crippen LogP contribution in [0.2, 0.25) is 0 Å². The monoisotopic (exact) mass is 520 g/mol. The van der Waals surface area contributed by atoms with Gasteiger partial charge >= 0.3 is 6.18 Å². The molecule has 0 aromatic heterocycles. The Hall–Kier alpha value is -0.430. The molecule has 0 aromatic rings. The molecule has 0 aromatic carbocycles. The highest BCUT2D eigenvalue weighted by molar-refractivity contribution is 5.07. The molecule has 0 spiro atoms. The fraction of sp³-hybridized carbons (Fsp3) is 1.00. The van der Waals surface area contributed by atoms with E-state index in [0.717, 1.165) is 44.9 Å². The summed E-state index contributed by atoms with van der Waals surface area (Å²) in [6, 6.07) is 0. The molecule has 208 valence electrons. The predicted octanol–water partition coefficient (Wildman–Crippen LogP) is 8.05. The summed E-state index contributed by atoms with van der Waals surface area (Å²) >= 11 is 0. The van der Waals surface area contributed by atoms with E-state index in [1.807, 2.05) is 0 Å². The van der Waals surface area contributed by atoms with Crippen LogP contribution in [0.25, 0.3) is 0 Å². The van der Waals surface area contributed by atoms with E-state index in [9.17, 15) is 32.2 Å². The van der Waals surface area contributed by atoms with Crippen LogP contribution in [0.5, 0.6) is 0 Å². The Labute approximate surface area is 212 Å². The average Bonchev–Trinajstić information content (AvgIpc) is 3.14. The second-order valence-corrected chi connectivity index (χ2v) is 13.9. The summed E-state index contributed by atoms with van der Waals surface area (Å²) in [6.07, 6.45) is 5.88. The van der Waals surface area contributed by atoms with Crippen LogP contribution >= 0.6 is 0 Å². The molecule has 5 saturated carbocycles. The summed E-state index contributed by atoms with van der Waals surface area (Å²) in [6.45, 7) is 2.46. The quantitative estimate of drug-likeness (QED) is 0.284. The maximum Gasteiger partial charge on any atom is 0.417 e. The third-order valence-corrected chi connectivity index (χ3v) is 12.1. The van der Waals surface area contributed by atoms with Gasteiger partial charge in [0.05, 0.1) is 5.60 Å². The Balaban J connectivity index is 1.14. The lowest BCUT2D eigenvalue weighted by molar-refractivity contribution is -0.282. The first-order valence-corrected chi connectivity index (χ1v) is 14.6. The molecule has 0 saturated heterocycles. The second kappa shape index (κ2) is 9.34. The molecular formula is C29H45F5O2. The van der Waals surface area contributed by atoms with E-state index in [4.69, 9.17) is 0 Å². The molecule has 2 N–H and O–H groups in total. The Morgan fingerprint density at radius 1 is 0.750 bits per heavy atom. The van der Waals surface area contributed by atoms with Crippen molar-refractivity contribution in [3.63, 3.8) is 0 Å². The number of hydrogen-bond donors (Lipinski definition) is 2. The number of halogens is 5. The topological polar surface area (TPSA) is 40.5 Å². The van der Waals surface area contributed by atoms with Crippen molar-refractivity contribution in [3.05, 3.63) is 0 Å². The van der Waals surface area contributed by atoms with Crippen molar-refractivity contribution in [1.29, 1.82) is 0 Å². The summed E-state index contributed by atoms with van der Waals surface area (Å²) < 4.78 is 67.4. The molecular weight excluding hydrogens is 475 g/mol. The van der Waals surface area contributed by atoms with E-state index in [2.05, 4.69) is 6.92 Å². The predicted molar refractivity (Wildman–Crippen MR) is 128 cm³/mol. The molecule has 36 heavy (non-hydrogen) atoms. The van der Waals surface area contributed by atoms with Gasteiger partial charge in [0.1, 0.15) is 0 Å². The maximum absolute atomic E-state index is 13.5. The molecule has 0 amide bonds. The van der Waals surface area contributed by atoms with Crippen LogP contribution in [-0.2, 0) is 0 Å². The van der Waals surface area contributed by atoms with Gasteiger partial charge in [0, 0.05) is 12.8 Å². The number of rotatable bonds is 5. The zero-order valence-electron chi connectivity index (χ0n) is 21.8. The fourth-order valence-electron chi connectivity index (χ4n) is 9.89. The first-order valence-electron chi connectivity index (χ1n) is 14.6. The van der Waals surface area contributed by atoms with Gasteiger partial charge in [-0.05, 0) is 124 Å². The number of alkyl halides is 5. The lowest BCUT2D eigenvalue weighted by atomic mass is 9.49. The molecule has 5 fully saturated rings. The highest BCUT2D eigenvalue weighted by Gasteiger charge is 2.61. The highest BCUT2D eigenvalue weighted by atomic mass is 19.4. The molecule has 0 heterocycles. The molecule has 0 aliphatic heterocycles. The van der Waals surface area contributed by atoms with Crippen LogP contribution in [-0.4, -0.2) is 33.5 Å². The minimum Gasteiger partial charge on any atom is -0.390 e. The standard InChI is InChI=1S/C29H45F5O2/c1-25-12-9-22-21-10-13-27(36,29(32,33)34)18-19(21)5-7-23(22)24(25)8-6-20(25)4-2-3-11-26(35)14-16-28(30,31)17-15-26/h19-24,35-36H,2-18H2,1H3/t19-,20+,21-,22+,23+,24-,25+,27-/m0/s1. The van der Waals surface area contributed by atoms with Gasteiger partial charge in [0.25, 0.3) is 0 Å². The van der Waals surface area contributed by atoms with Gasteiger partial charge in [-0.3, -0.25) is 0 Å².